The molecule has 2 atom stereocenters. The second kappa shape index (κ2) is 5.41. The molecule has 1 saturated heterocycles. The Bertz CT molecular complexity index is 321. The summed E-state index contributed by atoms with van der Waals surface area (Å²) in [7, 11) is 0. The van der Waals surface area contributed by atoms with Crippen molar-refractivity contribution in [2.45, 2.75) is 51.2 Å². The molecule has 1 aliphatic rings. The smallest absolute Gasteiger partial charge is 0.243 e. The van der Waals surface area contributed by atoms with Gasteiger partial charge in [-0.25, -0.2) is 0 Å². The first-order valence-electron chi connectivity index (χ1n) is 6.02. The highest BCUT2D eigenvalue weighted by Crippen LogP contribution is 2.27. The second-order valence-corrected chi connectivity index (χ2v) is 4.24. The number of hydrogen-bond acceptors (Lipinski definition) is 5. The average molecular weight is 225 g/mol. The molecule has 1 aromatic heterocycles. The molecule has 1 fully saturated rings. The molecular weight excluding hydrogens is 206 g/mol. The molecule has 16 heavy (non-hydrogen) atoms. The van der Waals surface area contributed by atoms with Crippen LogP contribution in [0.4, 0.5) is 0 Å². The van der Waals surface area contributed by atoms with E-state index in [1.54, 1.807) is 0 Å². The van der Waals surface area contributed by atoms with Gasteiger partial charge in [-0.2, -0.15) is 4.98 Å². The summed E-state index contributed by atoms with van der Waals surface area (Å²) < 4.78 is 10.7. The van der Waals surface area contributed by atoms with Crippen LogP contribution in [-0.2, 0) is 4.74 Å². The molecule has 0 aromatic carbocycles. The maximum atomic E-state index is 5.96. The van der Waals surface area contributed by atoms with Gasteiger partial charge in [0.25, 0.3) is 0 Å². The number of hydrogen-bond donors (Lipinski definition) is 1. The summed E-state index contributed by atoms with van der Waals surface area (Å²) in [4.78, 5) is 4.32. The summed E-state index contributed by atoms with van der Waals surface area (Å²) in [6.45, 7) is 2.93. The number of ether oxygens (including phenoxy) is 1. The van der Waals surface area contributed by atoms with Crippen molar-refractivity contribution in [2.24, 2.45) is 5.73 Å². The fraction of sp³-hybridized carbons (Fsp3) is 0.818. The third-order valence-electron chi connectivity index (χ3n) is 2.86. The summed E-state index contributed by atoms with van der Waals surface area (Å²) in [6, 6.07) is -0.136. The van der Waals surface area contributed by atoms with Crippen molar-refractivity contribution in [3.8, 4) is 0 Å². The summed E-state index contributed by atoms with van der Waals surface area (Å²) in [5, 5.41) is 3.94. The summed E-state index contributed by atoms with van der Waals surface area (Å²) >= 11 is 0. The summed E-state index contributed by atoms with van der Waals surface area (Å²) in [6.07, 6.45) is 5.15. The highest BCUT2D eigenvalue weighted by molar-refractivity contribution is 4.96. The Morgan fingerprint density at radius 1 is 1.56 bits per heavy atom. The topological polar surface area (TPSA) is 74.2 Å². The Balaban J connectivity index is 1.95. The fourth-order valence-corrected chi connectivity index (χ4v) is 1.86. The van der Waals surface area contributed by atoms with E-state index in [4.69, 9.17) is 15.0 Å². The van der Waals surface area contributed by atoms with E-state index >= 15 is 0 Å². The lowest BCUT2D eigenvalue weighted by molar-refractivity contribution is 0.103. The number of rotatable bonds is 5. The molecule has 5 heteroatoms. The number of nitrogens with zero attached hydrogens (tertiary/aromatic N) is 2. The first-order chi connectivity index (χ1) is 7.81. The third kappa shape index (κ3) is 2.59. The predicted molar refractivity (Wildman–Crippen MR) is 58.7 cm³/mol. The van der Waals surface area contributed by atoms with Crippen molar-refractivity contribution >= 4 is 0 Å². The van der Waals surface area contributed by atoms with E-state index in [2.05, 4.69) is 17.1 Å². The van der Waals surface area contributed by atoms with Crippen molar-refractivity contribution in [1.82, 2.24) is 10.1 Å². The first-order valence-corrected chi connectivity index (χ1v) is 6.02. The number of nitrogens with two attached hydrogens (primary N) is 1. The van der Waals surface area contributed by atoms with Crippen molar-refractivity contribution in [2.75, 3.05) is 6.61 Å². The van der Waals surface area contributed by atoms with Crippen molar-refractivity contribution < 1.29 is 9.26 Å². The van der Waals surface area contributed by atoms with E-state index in [-0.39, 0.29) is 12.1 Å². The van der Waals surface area contributed by atoms with Gasteiger partial charge in [-0.05, 0) is 19.3 Å². The molecule has 0 saturated carbocycles. The van der Waals surface area contributed by atoms with Gasteiger partial charge in [-0.15, -0.1) is 0 Å². The minimum absolute atomic E-state index is 0.0101. The zero-order valence-corrected chi connectivity index (χ0v) is 9.69. The molecule has 0 amide bonds. The van der Waals surface area contributed by atoms with E-state index in [1.165, 1.54) is 0 Å². The SMILES string of the molecule is CCCCC(N)c1nc(C2CCCO2)no1. The quantitative estimate of drug-likeness (QED) is 0.830. The highest BCUT2D eigenvalue weighted by Gasteiger charge is 2.24. The Morgan fingerprint density at radius 2 is 2.44 bits per heavy atom. The largest absolute Gasteiger partial charge is 0.370 e. The van der Waals surface area contributed by atoms with Crippen LogP contribution in [0.3, 0.4) is 0 Å². The zero-order valence-electron chi connectivity index (χ0n) is 9.69. The van der Waals surface area contributed by atoms with Gasteiger partial charge >= 0.3 is 0 Å². The molecular formula is C11H19N3O2. The highest BCUT2D eigenvalue weighted by atomic mass is 16.5. The average Bonchev–Trinajstić information content (AvgIpc) is 2.94. The Kier molecular flexibility index (Phi) is 3.90. The molecule has 5 nitrogen and oxygen atoms in total. The molecule has 0 spiro atoms. The molecule has 2 N–H and O–H groups in total. The molecule has 2 heterocycles. The van der Waals surface area contributed by atoms with Crippen LogP contribution in [0.2, 0.25) is 0 Å². The molecule has 0 radical (unpaired) electrons. The van der Waals surface area contributed by atoms with Crippen LogP contribution < -0.4 is 5.73 Å². The van der Waals surface area contributed by atoms with Gasteiger partial charge in [0.2, 0.25) is 11.7 Å². The van der Waals surface area contributed by atoms with Gasteiger partial charge in [-0.1, -0.05) is 24.9 Å². The molecule has 90 valence electrons. The molecule has 2 rings (SSSR count). The Hall–Kier alpha value is -0.940. The predicted octanol–water partition coefficient (Wildman–Crippen LogP) is 2.11. The van der Waals surface area contributed by atoms with Gasteiger partial charge in [-0.3, -0.25) is 0 Å². The van der Waals surface area contributed by atoms with Gasteiger partial charge in [0.1, 0.15) is 6.10 Å². The van der Waals surface area contributed by atoms with Crippen LogP contribution >= 0.6 is 0 Å². The first kappa shape index (κ1) is 11.5. The number of aromatic nitrogens is 2. The van der Waals surface area contributed by atoms with Gasteiger partial charge in [0, 0.05) is 6.61 Å². The monoisotopic (exact) mass is 225 g/mol. The second-order valence-electron chi connectivity index (χ2n) is 4.24. The van der Waals surface area contributed by atoms with Crippen LogP contribution in [0, 0.1) is 0 Å². The minimum atomic E-state index is -0.136. The molecule has 1 aliphatic heterocycles. The van der Waals surface area contributed by atoms with Crippen LogP contribution in [0.15, 0.2) is 4.52 Å². The maximum Gasteiger partial charge on any atom is 0.243 e. The van der Waals surface area contributed by atoms with E-state index in [9.17, 15) is 0 Å². The van der Waals surface area contributed by atoms with E-state index in [0.29, 0.717) is 11.7 Å². The molecule has 2 unspecified atom stereocenters. The van der Waals surface area contributed by atoms with Crippen molar-refractivity contribution in [3.63, 3.8) is 0 Å². The Labute approximate surface area is 95.3 Å². The fourth-order valence-electron chi connectivity index (χ4n) is 1.86. The van der Waals surface area contributed by atoms with Crippen molar-refractivity contribution in [1.29, 1.82) is 0 Å². The van der Waals surface area contributed by atoms with Gasteiger partial charge in [0.05, 0.1) is 6.04 Å². The van der Waals surface area contributed by atoms with Crippen LogP contribution in [0.5, 0.6) is 0 Å². The van der Waals surface area contributed by atoms with E-state index < -0.39 is 0 Å². The number of unbranched alkanes of at least 4 members (excludes halogenated alkanes) is 1. The maximum absolute atomic E-state index is 5.96. The minimum Gasteiger partial charge on any atom is -0.370 e. The van der Waals surface area contributed by atoms with Gasteiger partial charge in [0.15, 0.2) is 0 Å². The normalized spacial score (nSPS) is 22.5. The lowest BCUT2D eigenvalue weighted by atomic mass is 10.1. The van der Waals surface area contributed by atoms with Gasteiger partial charge < -0.3 is 15.0 Å². The molecule has 1 aromatic rings. The Morgan fingerprint density at radius 3 is 3.12 bits per heavy atom. The van der Waals surface area contributed by atoms with Crippen LogP contribution in [-0.4, -0.2) is 16.7 Å². The van der Waals surface area contributed by atoms with Crippen LogP contribution in [0.25, 0.3) is 0 Å². The summed E-state index contributed by atoms with van der Waals surface area (Å²) in [5.74, 6) is 1.19. The lowest BCUT2D eigenvalue weighted by Gasteiger charge is -2.04. The lowest BCUT2D eigenvalue weighted by Crippen LogP contribution is -2.10. The third-order valence-corrected chi connectivity index (χ3v) is 2.86. The zero-order chi connectivity index (χ0) is 11.4. The summed E-state index contributed by atoms with van der Waals surface area (Å²) in [5.41, 5.74) is 5.96. The molecule has 0 aliphatic carbocycles. The van der Waals surface area contributed by atoms with Crippen molar-refractivity contribution in [3.05, 3.63) is 11.7 Å². The van der Waals surface area contributed by atoms with Crippen LogP contribution in [0.1, 0.15) is 62.9 Å². The standard InChI is InChI=1S/C11H19N3O2/c1-2-3-5-8(12)11-13-10(14-16-11)9-6-4-7-15-9/h8-9H,2-7,12H2,1H3. The van der Waals surface area contributed by atoms with E-state index in [0.717, 1.165) is 38.7 Å². The van der Waals surface area contributed by atoms with E-state index in [1.807, 2.05) is 0 Å². The molecule has 0 bridgehead atoms.